The van der Waals surface area contributed by atoms with E-state index in [0.29, 0.717) is 17.2 Å². The van der Waals surface area contributed by atoms with Gasteiger partial charge in [-0.1, -0.05) is 43.3 Å². The molecule has 0 bridgehead atoms. The van der Waals surface area contributed by atoms with Crippen molar-refractivity contribution in [1.29, 1.82) is 0 Å². The Bertz CT molecular complexity index is 1230. The van der Waals surface area contributed by atoms with Gasteiger partial charge < -0.3 is 14.7 Å². The first-order valence-electron chi connectivity index (χ1n) is 12.4. The van der Waals surface area contributed by atoms with Crippen LogP contribution < -0.4 is 9.64 Å². The van der Waals surface area contributed by atoms with Crippen molar-refractivity contribution in [1.82, 2.24) is 0 Å². The molecule has 1 unspecified atom stereocenters. The number of ether oxygens (including phenoxy) is 1. The van der Waals surface area contributed by atoms with Crippen molar-refractivity contribution in [2.24, 2.45) is 11.8 Å². The van der Waals surface area contributed by atoms with Crippen LogP contribution >= 0.6 is 0 Å². The standard InChI is InChI=1S/C30H32FNO3/c1-18(30(33)34)29(22-9-10-22)23-11-8-21-12-15-27(32(2)28(21)16-23)20-6-4-19(5-7-20)25-17-24(35-3)13-14-26(25)31/h4-8,11,13-14,16-18,22,27,29H,9-10,12,15H2,1-3H3,(H,33,34)/t18-,27?,29-/m0/s1. The van der Waals surface area contributed by atoms with Crippen LogP contribution in [0.5, 0.6) is 5.75 Å². The van der Waals surface area contributed by atoms with Gasteiger partial charge in [-0.15, -0.1) is 0 Å². The van der Waals surface area contributed by atoms with Crippen LogP contribution in [0.2, 0.25) is 0 Å². The fourth-order valence-corrected chi connectivity index (χ4v) is 5.69. The molecule has 1 saturated carbocycles. The fraction of sp³-hybridized carbons (Fsp3) is 0.367. The number of hydrogen-bond acceptors (Lipinski definition) is 3. The molecular formula is C30H32FNO3. The van der Waals surface area contributed by atoms with Crippen molar-refractivity contribution >= 4 is 11.7 Å². The van der Waals surface area contributed by atoms with E-state index in [2.05, 4.69) is 42.3 Å². The summed E-state index contributed by atoms with van der Waals surface area (Å²) >= 11 is 0. The van der Waals surface area contributed by atoms with Crippen LogP contribution in [0.1, 0.15) is 54.8 Å². The molecule has 0 radical (unpaired) electrons. The summed E-state index contributed by atoms with van der Waals surface area (Å²) in [6, 6.07) is 19.7. The summed E-state index contributed by atoms with van der Waals surface area (Å²) < 4.78 is 19.7. The monoisotopic (exact) mass is 473 g/mol. The minimum absolute atomic E-state index is 0.0589. The molecule has 1 fully saturated rings. The van der Waals surface area contributed by atoms with Crippen LogP contribution in [0.15, 0.2) is 60.7 Å². The van der Waals surface area contributed by atoms with Gasteiger partial charge in [0.15, 0.2) is 0 Å². The van der Waals surface area contributed by atoms with Gasteiger partial charge in [0.2, 0.25) is 0 Å². The van der Waals surface area contributed by atoms with Crippen LogP contribution in [0.4, 0.5) is 10.1 Å². The predicted molar refractivity (Wildman–Crippen MR) is 137 cm³/mol. The maximum atomic E-state index is 14.4. The highest BCUT2D eigenvalue weighted by Gasteiger charge is 2.39. The molecule has 3 atom stereocenters. The van der Waals surface area contributed by atoms with Gasteiger partial charge in [0.25, 0.3) is 0 Å². The number of carboxylic acid groups (broad SMARTS) is 1. The molecule has 0 amide bonds. The third kappa shape index (κ3) is 4.52. The van der Waals surface area contributed by atoms with Gasteiger partial charge in [0.1, 0.15) is 11.6 Å². The minimum Gasteiger partial charge on any atom is -0.497 e. The average Bonchev–Trinajstić information content (AvgIpc) is 3.70. The Morgan fingerprint density at radius 3 is 2.46 bits per heavy atom. The zero-order valence-corrected chi connectivity index (χ0v) is 20.5. The number of aryl methyl sites for hydroxylation is 1. The van der Waals surface area contributed by atoms with E-state index in [0.717, 1.165) is 36.8 Å². The first-order chi connectivity index (χ1) is 16.9. The second kappa shape index (κ2) is 9.37. The fourth-order valence-electron chi connectivity index (χ4n) is 5.69. The molecule has 1 aliphatic heterocycles. The third-order valence-electron chi connectivity index (χ3n) is 7.87. The second-order valence-electron chi connectivity index (χ2n) is 10.0. The molecule has 3 aromatic rings. The number of hydrogen-bond donors (Lipinski definition) is 1. The maximum absolute atomic E-state index is 14.4. The molecular weight excluding hydrogens is 441 g/mol. The number of halogens is 1. The highest BCUT2D eigenvalue weighted by molar-refractivity contribution is 5.72. The first-order valence-corrected chi connectivity index (χ1v) is 12.4. The van der Waals surface area contributed by atoms with Crippen molar-refractivity contribution in [3.8, 4) is 16.9 Å². The normalized spacial score (nSPS) is 19.1. The van der Waals surface area contributed by atoms with Crippen LogP contribution in [0, 0.1) is 17.7 Å². The molecule has 1 heterocycles. The van der Waals surface area contributed by atoms with E-state index in [1.807, 2.05) is 19.1 Å². The Morgan fingerprint density at radius 2 is 1.80 bits per heavy atom. The van der Waals surface area contributed by atoms with Gasteiger partial charge in [-0.2, -0.15) is 0 Å². The summed E-state index contributed by atoms with van der Waals surface area (Å²) in [4.78, 5) is 14.1. The summed E-state index contributed by atoms with van der Waals surface area (Å²) in [6.07, 6.45) is 4.18. The van der Waals surface area contributed by atoms with E-state index in [-0.39, 0.29) is 17.8 Å². The van der Waals surface area contributed by atoms with Gasteiger partial charge in [0, 0.05) is 18.3 Å². The van der Waals surface area contributed by atoms with E-state index < -0.39 is 11.9 Å². The quantitative estimate of drug-likeness (QED) is 0.408. The summed E-state index contributed by atoms with van der Waals surface area (Å²) in [5.41, 5.74) is 6.17. The largest absolute Gasteiger partial charge is 0.497 e. The molecule has 1 N–H and O–H groups in total. The Labute approximate surface area is 206 Å². The van der Waals surface area contributed by atoms with E-state index in [9.17, 15) is 14.3 Å². The highest BCUT2D eigenvalue weighted by Crippen LogP contribution is 2.48. The van der Waals surface area contributed by atoms with Crippen molar-refractivity contribution in [2.75, 3.05) is 19.1 Å². The number of carboxylic acids is 1. The lowest BCUT2D eigenvalue weighted by atomic mass is 9.81. The van der Waals surface area contributed by atoms with Crippen molar-refractivity contribution in [3.63, 3.8) is 0 Å². The molecule has 0 aromatic heterocycles. The number of methoxy groups -OCH3 is 1. The first kappa shape index (κ1) is 23.4. The zero-order chi connectivity index (χ0) is 24.7. The van der Waals surface area contributed by atoms with Crippen molar-refractivity contribution in [2.45, 2.75) is 44.6 Å². The Kier molecular flexibility index (Phi) is 6.26. The van der Waals surface area contributed by atoms with Gasteiger partial charge in [0.05, 0.1) is 19.1 Å². The Morgan fingerprint density at radius 1 is 1.06 bits per heavy atom. The summed E-state index contributed by atoms with van der Waals surface area (Å²) in [6.45, 7) is 1.84. The molecule has 0 spiro atoms. The van der Waals surface area contributed by atoms with Gasteiger partial charge >= 0.3 is 5.97 Å². The van der Waals surface area contributed by atoms with Crippen LogP contribution in [-0.2, 0) is 11.2 Å². The predicted octanol–water partition coefficient (Wildman–Crippen LogP) is 6.84. The van der Waals surface area contributed by atoms with E-state index in [4.69, 9.17) is 4.74 Å². The van der Waals surface area contributed by atoms with Gasteiger partial charge in [-0.3, -0.25) is 4.79 Å². The molecule has 5 rings (SSSR count). The van der Waals surface area contributed by atoms with Crippen molar-refractivity contribution in [3.05, 3.63) is 83.2 Å². The minimum atomic E-state index is -0.724. The number of benzene rings is 3. The number of rotatable bonds is 7. The van der Waals surface area contributed by atoms with Crippen LogP contribution in [-0.4, -0.2) is 25.2 Å². The number of nitrogens with zero attached hydrogens (tertiary/aromatic N) is 1. The molecule has 35 heavy (non-hydrogen) atoms. The number of fused-ring (bicyclic) bond motifs is 1. The van der Waals surface area contributed by atoms with E-state index in [1.165, 1.54) is 22.9 Å². The molecule has 1 aliphatic carbocycles. The van der Waals surface area contributed by atoms with E-state index >= 15 is 0 Å². The number of carbonyl (C=O) groups is 1. The summed E-state index contributed by atoms with van der Waals surface area (Å²) in [5.74, 6) is -0.229. The van der Waals surface area contributed by atoms with Gasteiger partial charge in [-0.05, 0) is 84.0 Å². The molecule has 0 saturated heterocycles. The molecule has 182 valence electrons. The van der Waals surface area contributed by atoms with Crippen LogP contribution in [0.25, 0.3) is 11.1 Å². The molecule has 3 aromatic carbocycles. The molecule has 2 aliphatic rings. The third-order valence-corrected chi connectivity index (χ3v) is 7.87. The highest BCUT2D eigenvalue weighted by atomic mass is 19.1. The smallest absolute Gasteiger partial charge is 0.306 e. The lowest BCUT2D eigenvalue weighted by Gasteiger charge is -2.37. The topological polar surface area (TPSA) is 49.8 Å². The number of anilines is 1. The summed E-state index contributed by atoms with van der Waals surface area (Å²) in [7, 11) is 3.70. The maximum Gasteiger partial charge on any atom is 0.306 e. The molecule has 5 heteroatoms. The van der Waals surface area contributed by atoms with Crippen LogP contribution in [0.3, 0.4) is 0 Å². The van der Waals surface area contributed by atoms with Gasteiger partial charge in [-0.25, -0.2) is 4.39 Å². The Hall–Kier alpha value is -3.34. The van der Waals surface area contributed by atoms with Crippen molar-refractivity contribution < 1.29 is 19.0 Å². The average molecular weight is 474 g/mol. The summed E-state index contributed by atoms with van der Waals surface area (Å²) in [5, 5.41) is 9.68. The molecule has 4 nitrogen and oxygen atoms in total. The SMILES string of the molecule is COc1ccc(F)c(-c2ccc(C3CCc4ccc([C@H](C5CC5)[C@H](C)C(=O)O)cc4N3C)cc2)c1. The number of aliphatic carboxylic acids is 1. The van der Waals surface area contributed by atoms with E-state index in [1.54, 1.807) is 19.2 Å². The lowest BCUT2D eigenvalue weighted by molar-refractivity contribution is -0.142. The zero-order valence-electron chi connectivity index (χ0n) is 20.5. The second-order valence-corrected chi connectivity index (χ2v) is 10.0. The lowest BCUT2D eigenvalue weighted by Crippen LogP contribution is -2.30. The Balaban J connectivity index is 1.42.